The molecule has 1 aliphatic rings. The second kappa shape index (κ2) is 2.28. The molecule has 54 valence electrons. The Balaban J connectivity index is 2.12. The van der Waals surface area contributed by atoms with Gasteiger partial charge in [0.05, 0.1) is 12.4 Å². The topological polar surface area (TPSA) is 34.0 Å². The van der Waals surface area contributed by atoms with E-state index in [2.05, 4.69) is 15.3 Å². The van der Waals surface area contributed by atoms with E-state index < -0.39 is 0 Å². The molecule has 0 saturated carbocycles. The van der Waals surface area contributed by atoms with Crippen LogP contribution in [0.15, 0.2) is 12.4 Å². The molecule has 2 rings (SSSR count). The molecule has 0 spiro atoms. The fourth-order valence-corrected chi connectivity index (χ4v) is 1.26. The molecular weight excluding hydrogens is 128 g/mol. The first-order chi connectivity index (χ1) is 4.97. The lowest BCUT2D eigenvalue weighted by atomic mass is 10.4. The maximum absolute atomic E-state index is 3.89. The summed E-state index contributed by atoms with van der Waals surface area (Å²) in [6.07, 6.45) is 6.14. The van der Waals surface area contributed by atoms with Gasteiger partial charge in [0.2, 0.25) is 0 Å². The van der Waals surface area contributed by atoms with Crippen molar-refractivity contribution in [2.75, 3.05) is 18.1 Å². The molecule has 0 aromatic carbocycles. The van der Waals surface area contributed by atoms with Crippen molar-refractivity contribution in [3.05, 3.63) is 12.4 Å². The highest BCUT2D eigenvalue weighted by Crippen LogP contribution is 2.04. The Kier molecular flexibility index (Phi) is 1.30. The van der Waals surface area contributed by atoms with Gasteiger partial charge in [-0.1, -0.05) is 0 Å². The Morgan fingerprint density at radius 1 is 1.20 bits per heavy atom. The van der Waals surface area contributed by atoms with Gasteiger partial charge in [0, 0.05) is 13.1 Å². The molecule has 1 aliphatic heterocycles. The van der Waals surface area contributed by atoms with Gasteiger partial charge in [0.15, 0.2) is 0 Å². The molecule has 1 aromatic heterocycles. The molecule has 0 N–H and O–H groups in total. The van der Waals surface area contributed by atoms with Gasteiger partial charge in [-0.15, -0.1) is 5.10 Å². The number of rotatable bonds is 1. The van der Waals surface area contributed by atoms with Crippen molar-refractivity contribution >= 4 is 0 Å². The highest BCUT2D eigenvalue weighted by Gasteiger charge is 2.11. The summed E-state index contributed by atoms with van der Waals surface area (Å²) in [7, 11) is 0. The lowest BCUT2D eigenvalue weighted by molar-refractivity contribution is 0.567. The standard InChI is InChI=1S/C6H10N4/c1-2-5-9(4-1)10-6-3-7-8-10/h3,6H,1-2,4-5H2. The number of hydrogen-bond donors (Lipinski definition) is 0. The summed E-state index contributed by atoms with van der Waals surface area (Å²) >= 11 is 0. The van der Waals surface area contributed by atoms with Crippen LogP contribution >= 0.6 is 0 Å². The van der Waals surface area contributed by atoms with E-state index in [-0.39, 0.29) is 0 Å². The molecule has 2 heterocycles. The summed E-state index contributed by atoms with van der Waals surface area (Å²) in [6.45, 7) is 2.23. The van der Waals surface area contributed by atoms with Crippen LogP contribution in [-0.4, -0.2) is 28.2 Å². The Labute approximate surface area is 59.4 Å². The highest BCUT2D eigenvalue weighted by atomic mass is 15.7. The maximum atomic E-state index is 3.89. The molecule has 0 bridgehead atoms. The van der Waals surface area contributed by atoms with E-state index in [1.807, 2.05) is 11.0 Å². The zero-order valence-electron chi connectivity index (χ0n) is 5.77. The minimum Gasteiger partial charge on any atom is -0.296 e. The fraction of sp³-hybridized carbons (Fsp3) is 0.667. The van der Waals surface area contributed by atoms with Crippen molar-refractivity contribution in [1.29, 1.82) is 0 Å². The molecular formula is C6H10N4. The Bertz CT molecular complexity index is 188. The monoisotopic (exact) mass is 138 g/mol. The van der Waals surface area contributed by atoms with E-state index >= 15 is 0 Å². The Morgan fingerprint density at radius 3 is 2.60 bits per heavy atom. The second-order valence-corrected chi connectivity index (χ2v) is 2.48. The predicted octanol–water partition coefficient (Wildman–Crippen LogP) is 0.00990. The third kappa shape index (κ3) is 0.853. The van der Waals surface area contributed by atoms with Crippen LogP contribution in [-0.2, 0) is 0 Å². The fourth-order valence-electron chi connectivity index (χ4n) is 1.26. The summed E-state index contributed by atoms with van der Waals surface area (Å²) < 4.78 is 0. The molecule has 0 aliphatic carbocycles. The van der Waals surface area contributed by atoms with Crippen LogP contribution in [0, 0.1) is 0 Å². The molecule has 0 unspecified atom stereocenters. The van der Waals surface area contributed by atoms with E-state index in [4.69, 9.17) is 0 Å². The van der Waals surface area contributed by atoms with Crippen LogP contribution in [0.4, 0.5) is 0 Å². The van der Waals surface area contributed by atoms with Crippen LogP contribution < -0.4 is 5.01 Å². The first-order valence-corrected chi connectivity index (χ1v) is 3.58. The summed E-state index contributed by atoms with van der Waals surface area (Å²) in [4.78, 5) is 1.81. The zero-order chi connectivity index (χ0) is 6.81. The molecule has 1 fully saturated rings. The number of nitrogens with zero attached hydrogens (tertiary/aromatic N) is 4. The normalized spacial score (nSPS) is 18.2. The average Bonchev–Trinajstić information content (AvgIpc) is 2.59. The first kappa shape index (κ1) is 5.70. The van der Waals surface area contributed by atoms with E-state index in [1.54, 1.807) is 6.20 Å². The van der Waals surface area contributed by atoms with Crippen LogP contribution in [0.5, 0.6) is 0 Å². The van der Waals surface area contributed by atoms with Gasteiger partial charge in [-0.2, -0.15) is 4.79 Å². The van der Waals surface area contributed by atoms with Crippen LogP contribution in [0.2, 0.25) is 0 Å². The van der Waals surface area contributed by atoms with E-state index in [9.17, 15) is 0 Å². The first-order valence-electron chi connectivity index (χ1n) is 3.58. The third-order valence-electron chi connectivity index (χ3n) is 1.78. The van der Waals surface area contributed by atoms with Gasteiger partial charge in [-0.25, -0.2) is 0 Å². The molecule has 1 saturated heterocycles. The van der Waals surface area contributed by atoms with Gasteiger partial charge >= 0.3 is 0 Å². The van der Waals surface area contributed by atoms with Crippen LogP contribution in [0.25, 0.3) is 0 Å². The number of aromatic nitrogens is 3. The van der Waals surface area contributed by atoms with Crippen molar-refractivity contribution in [2.45, 2.75) is 12.8 Å². The average molecular weight is 138 g/mol. The second-order valence-electron chi connectivity index (χ2n) is 2.48. The highest BCUT2D eigenvalue weighted by molar-refractivity contribution is 4.88. The van der Waals surface area contributed by atoms with E-state index in [0.29, 0.717) is 0 Å². The van der Waals surface area contributed by atoms with E-state index in [0.717, 1.165) is 13.1 Å². The van der Waals surface area contributed by atoms with Crippen molar-refractivity contribution in [3.8, 4) is 0 Å². The van der Waals surface area contributed by atoms with Gasteiger partial charge in [-0.3, -0.25) is 5.01 Å². The largest absolute Gasteiger partial charge is 0.296 e. The maximum Gasteiger partial charge on any atom is 0.0715 e. The summed E-state index contributed by atoms with van der Waals surface area (Å²) in [6, 6.07) is 0. The molecule has 0 radical (unpaired) electrons. The Hall–Kier alpha value is -1.06. The van der Waals surface area contributed by atoms with Crippen molar-refractivity contribution in [1.82, 2.24) is 15.1 Å². The third-order valence-corrected chi connectivity index (χ3v) is 1.78. The molecule has 4 nitrogen and oxygen atoms in total. The summed E-state index contributed by atoms with van der Waals surface area (Å²) in [5.74, 6) is 0. The quantitative estimate of drug-likeness (QED) is 0.548. The minimum atomic E-state index is 1.11. The predicted molar refractivity (Wildman–Crippen MR) is 37.2 cm³/mol. The smallest absolute Gasteiger partial charge is 0.0715 e. The van der Waals surface area contributed by atoms with Gasteiger partial charge < -0.3 is 0 Å². The summed E-state index contributed by atoms with van der Waals surface area (Å²) in [5, 5.41) is 9.82. The van der Waals surface area contributed by atoms with Crippen molar-refractivity contribution in [3.63, 3.8) is 0 Å². The van der Waals surface area contributed by atoms with Crippen LogP contribution in [0.1, 0.15) is 12.8 Å². The number of hydrogen-bond acceptors (Lipinski definition) is 3. The van der Waals surface area contributed by atoms with Gasteiger partial charge in [-0.05, 0) is 18.1 Å². The van der Waals surface area contributed by atoms with Crippen molar-refractivity contribution < 1.29 is 0 Å². The lowest BCUT2D eigenvalue weighted by Gasteiger charge is -2.14. The lowest BCUT2D eigenvalue weighted by Crippen LogP contribution is -2.31. The molecule has 4 heteroatoms. The van der Waals surface area contributed by atoms with Gasteiger partial charge in [0.1, 0.15) is 0 Å². The van der Waals surface area contributed by atoms with Gasteiger partial charge in [0.25, 0.3) is 0 Å². The molecule has 1 aromatic rings. The molecule has 10 heavy (non-hydrogen) atoms. The summed E-state index contributed by atoms with van der Waals surface area (Å²) in [5.41, 5.74) is 0. The zero-order valence-corrected chi connectivity index (χ0v) is 5.77. The Morgan fingerprint density at radius 2 is 2.00 bits per heavy atom. The van der Waals surface area contributed by atoms with Crippen molar-refractivity contribution in [2.24, 2.45) is 0 Å². The SMILES string of the molecule is c1cn(N2CCCC2)nn1. The minimum absolute atomic E-state index is 1.11. The molecule has 0 atom stereocenters. The van der Waals surface area contributed by atoms with E-state index in [1.165, 1.54) is 12.8 Å². The molecule has 0 amide bonds. The van der Waals surface area contributed by atoms with Crippen LogP contribution in [0.3, 0.4) is 0 Å².